The van der Waals surface area contributed by atoms with Gasteiger partial charge in [-0.2, -0.15) is 0 Å². The molecule has 162 valence electrons. The van der Waals surface area contributed by atoms with Crippen molar-refractivity contribution in [3.05, 3.63) is 78.4 Å². The lowest BCUT2D eigenvalue weighted by atomic mass is 10.1. The van der Waals surface area contributed by atoms with Crippen LogP contribution in [0.15, 0.2) is 72.8 Å². The first-order chi connectivity index (χ1) is 14.8. The Kier molecular flexibility index (Phi) is 5.90. The molecule has 1 N–H and O–H groups in total. The Morgan fingerprint density at radius 2 is 1.65 bits per heavy atom. The molecular formula is C27H32N2O2. The molecule has 0 aromatic heterocycles. The van der Waals surface area contributed by atoms with Crippen LogP contribution in [-0.4, -0.2) is 29.7 Å². The molecule has 3 aromatic rings. The zero-order chi connectivity index (χ0) is 21.9. The van der Waals surface area contributed by atoms with Crippen LogP contribution >= 0.6 is 0 Å². The fraction of sp³-hybridized carbons (Fsp3) is 0.370. The Morgan fingerprint density at radius 1 is 0.968 bits per heavy atom. The molecule has 0 saturated heterocycles. The van der Waals surface area contributed by atoms with Crippen LogP contribution < -0.4 is 5.32 Å². The Hall–Kier alpha value is -3.01. The van der Waals surface area contributed by atoms with E-state index in [0.717, 1.165) is 30.6 Å². The fourth-order valence-corrected chi connectivity index (χ4v) is 3.88. The molecule has 0 heterocycles. The third-order valence-electron chi connectivity index (χ3n) is 5.77. The Balaban J connectivity index is 1.45. The third-order valence-corrected chi connectivity index (χ3v) is 5.77. The van der Waals surface area contributed by atoms with E-state index in [1.165, 1.54) is 10.8 Å². The van der Waals surface area contributed by atoms with E-state index < -0.39 is 5.60 Å². The minimum Gasteiger partial charge on any atom is -0.444 e. The van der Waals surface area contributed by atoms with Crippen molar-refractivity contribution < 1.29 is 9.53 Å². The van der Waals surface area contributed by atoms with Gasteiger partial charge in [0, 0.05) is 30.7 Å². The highest BCUT2D eigenvalue weighted by atomic mass is 16.6. The first kappa shape index (κ1) is 21.2. The van der Waals surface area contributed by atoms with Gasteiger partial charge in [-0.05, 0) is 62.1 Å². The molecule has 3 aromatic carbocycles. The van der Waals surface area contributed by atoms with Crippen LogP contribution in [0.1, 0.15) is 39.2 Å². The number of ether oxygens (including phenoxy) is 1. The van der Waals surface area contributed by atoms with E-state index in [9.17, 15) is 4.79 Å². The highest BCUT2D eigenvalue weighted by molar-refractivity contribution is 5.85. The van der Waals surface area contributed by atoms with Gasteiger partial charge in [0.15, 0.2) is 0 Å². The van der Waals surface area contributed by atoms with Crippen molar-refractivity contribution in [2.24, 2.45) is 5.41 Å². The largest absolute Gasteiger partial charge is 0.444 e. The van der Waals surface area contributed by atoms with Crippen LogP contribution in [0.4, 0.5) is 10.5 Å². The van der Waals surface area contributed by atoms with Crippen LogP contribution in [0.3, 0.4) is 0 Å². The van der Waals surface area contributed by atoms with Crippen LogP contribution in [-0.2, 0) is 11.3 Å². The van der Waals surface area contributed by atoms with Gasteiger partial charge >= 0.3 is 6.09 Å². The maximum atomic E-state index is 13.0. The van der Waals surface area contributed by atoms with Gasteiger partial charge in [0.05, 0.1) is 0 Å². The molecule has 4 heteroatoms. The molecule has 0 bridgehead atoms. The molecule has 0 aliphatic heterocycles. The second kappa shape index (κ2) is 8.62. The SMILES string of the molecule is CC(C)(C)OC(=O)N(Cc1ccccc1)CC1(CNc2ccc3ccccc3c2)CC1. The molecule has 1 aliphatic carbocycles. The van der Waals surface area contributed by atoms with E-state index in [0.29, 0.717) is 13.1 Å². The second-order valence-corrected chi connectivity index (χ2v) is 9.74. The number of amides is 1. The zero-order valence-corrected chi connectivity index (χ0v) is 18.7. The normalized spacial score (nSPS) is 14.8. The van der Waals surface area contributed by atoms with Crippen molar-refractivity contribution in [1.29, 1.82) is 0 Å². The predicted molar refractivity (Wildman–Crippen MR) is 127 cm³/mol. The van der Waals surface area contributed by atoms with E-state index in [4.69, 9.17) is 4.74 Å². The second-order valence-electron chi connectivity index (χ2n) is 9.74. The number of carbonyl (C=O) groups is 1. The summed E-state index contributed by atoms with van der Waals surface area (Å²) in [4.78, 5) is 14.8. The Bertz CT molecular complexity index is 1040. The highest BCUT2D eigenvalue weighted by Gasteiger charge is 2.45. The molecule has 1 fully saturated rings. The number of nitrogens with zero attached hydrogens (tertiary/aromatic N) is 1. The standard InChI is InChI=1S/C27H32N2O2/c1-26(2,3)31-25(30)29(18-21-9-5-4-6-10-21)20-27(15-16-27)19-28-24-14-13-22-11-7-8-12-23(22)17-24/h4-14,17,28H,15-16,18-20H2,1-3H3. The lowest BCUT2D eigenvalue weighted by Gasteiger charge is -2.31. The van der Waals surface area contributed by atoms with Crippen LogP contribution in [0, 0.1) is 5.41 Å². The summed E-state index contributed by atoms with van der Waals surface area (Å²) in [7, 11) is 0. The molecule has 31 heavy (non-hydrogen) atoms. The number of benzene rings is 3. The topological polar surface area (TPSA) is 41.6 Å². The quantitative estimate of drug-likeness (QED) is 0.480. The summed E-state index contributed by atoms with van der Waals surface area (Å²) >= 11 is 0. The van der Waals surface area contributed by atoms with Crippen molar-refractivity contribution in [3.63, 3.8) is 0 Å². The minimum atomic E-state index is -0.508. The summed E-state index contributed by atoms with van der Waals surface area (Å²) < 4.78 is 5.72. The summed E-state index contributed by atoms with van der Waals surface area (Å²) in [5.41, 5.74) is 1.83. The van der Waals surface area contributed by atoms with E-state index in [-0.39, 0.29) is 11.5 Å². The zero-order valence-electron chi connectivity index (χ0n) is 18.7. The molecule has 0 atom stereocenters. The van der Waals surface area contributed by atoms with Crippen LogP contribution in [0.25, 0.3) is 10.8 Å². The van der Waals surface area contributed by atoms with Crippen LogP contribution in [0.5, 0.6) is 0 Å². The molecule has 0 unspecified atom stereocenters. The van der Waals surface area contributed by atoms with Gasteiger partial charge < -0.3 is 15.0 Å². The fourth-order valence-electron chi connectivity index (χ4n) is 3.88. The Morgan fingerprint density at radius 3 is 2.32 bits per heavy atom. The number of hydrogen-bond donors (Lipinski definition) is 1. The Labute approximate surface area is 185 Å². The van der Waals surface area contributed by atoms with Gasteiger partial charge in [0.2, 0.25) is 0 Å². The maximum Gasteiger partial charge on any atom is 0.410 e. The maximum absolute atomic E-state index is 13.0. The average Bonchev–Trinajstić information content (AvgIpc) is 3.51. The molecule has 0 radical (unpaired) electrons. The van der Waals surface area contributed by atoms with Crippen LogP contribution in [0.2, 0.25) is 0 Å². The summed E-state index contributed by atoms with van der Waals surface area (Å²) in [6, 6.07) is 25.0. The van der Waals surface area contributed by atoms with Crippen molar-refractivity contribution in [2.75, 3.05) is 18.4 Å². The summed E-state index contributed by atoms with van der Waals surface area (Å²) in [5.74, 6) is 0. The molecular weight excluding hydrogens is 384 g/mol. The summed E-state index contributed by atoms with van der Waals surface area (Å²) in [6.45, 7) is 7.85. The molecule has 4 rings (SSSR count). The van der Waals surface area contributed by atoms with Gasteiger partial charge in [0.1, 0.15) is 5.60 Å². The van der Waals surface area contributed by atoms with E-state index in [2.05, 4.69) is 59.9 Å². The molecule has 1 amide bonds. The number of fused-ring (bicyclic) bond motifs is 1. The number of nitrogens with one attached hydrogen (secondary N) is 1. The summed E-state index contributed by atoms with van der Waals surface area (Å²) in [5, 5.41) is 6.09. The third kappa shape index (κ3) is 5.78. The van der Waals surface area contributed by atoms with Crippen molar-refractivity contribution in [3.8, 4) is 0 Å². The first-order valence-electron chi connectivity index (χ1n) is 11.1. The molecule has 0 spiro atoms. The number of hydrogen-bond acceptors (Lipinski definition) is 3. The first-order valence-corrected chi connectivity index (χ1v) is 11.1. The van der Waals surface area contributed by atoms with Gasteiger partial charge in [-0.25, -0.2) is 4.79 Å². The van der Waals surface area contributed by atoms with Gasteiger partial charge in [0.25, 0.3) is 0 Å². The predicted octanol–water partition coefficient (Wildman–Crippen LogP) is 6.47. The number of anilines is 1. The van der Waals surface area contributed by atoms with E-state index in [1.54, 1.807) is 0 Å². The monoisotopic (exact) mass is 416 g/mol. The summed E-state index contributed by atoms with van der Waals surface area (Å²) in [6.07, 6.45) is 1.98. The van der Waals surface area contributed by atoms with Gasteiger partial charge in [-0.3, -0.25) is 0 Å². The number of carbonyl (C=O) groups excluding carboxylic acids is 1. The average molecular weight is 417 g/mol. The lowest BCUT2D eigenvalue weighted by Crippen LogP contribution is -2.41. The number of rotatable bonds is 7. The molecule has 1 aliphatic rings. The lowest BCUT2D eigenvalue weighted by molar-refractivity contribution is 0.0196. The smallest absolute Gasteiger partial charge is 0.410 e. The molecule has 4 nitrogen and oxygen atoms in total. The van der Waals surface area contributed by atoms with Crippen molar-refractivity contribution >= 4 is 22.6 Å². The molecule has 1 saturated carbocycles. The minimum absolute atomic E-state index is 0.0946. The van der Waals surface area contributed by atoms with Crippen molar-refractivity contribution in [2.45, 2.75) is 45.8 Å². The highest BCUT2D eigenvalue weighted by Crippen LogP contribution is 2.46. The van der Waals surface area contributed by atoms with Crippen molar-refractivity contribution in [1.82, 2.24) is 4.90 Å². The van der Waals surface area contributed by atoms with E-state index in [1.807, 2.05) is 43.9 Å². The van der Waals surface area contributed by atoms with E-state index >= 15 is 0 Å². The van der Waals surface area contributed by atoms with Gasteiger partial charge in [-0.15, -0.1) is 0 Å². The van der Waals surface area contributed by atoms with Gasteiger partial charge in [-0.1, -0.05) is 60.7 Å².